The number of amides is 2. The minimum Gasteiger partial charge on any atom is -0.493 e. The lowest BCUT2D eigenvalue weighted by Crippen LogP contribution is -2.32. The first-order valence-corrected chi connectivity index (χ1v) is 12.7. The molecule has 0 aliphatic carbocycles. The molecule has 11 heteroatoms. The molecule has 0 unspecified atom stereocenters. The molecule has 4 heterocycles. The second kappa shape index (κ2) is 11.0. The van der Waals surface area contributed by atoms with Crippen LogP contribution in [0.2, 0.25) is 0 Å². The van der Waals surface area contributed by atoms with Gasteiger partial charge in [0.1, 0.15) is 29.0 Å². The number of aromatic nitrogens is 2. The highest BCUT2D eigenvalue weighted by Gasteiger charge is 2.22. The summed E-state index contributed by atoms with van der Waals surface area (Å²) in [6.07, 6.45) is 4.12. The first kappa shape index (κ1) is 24.7. The predicted molar refractivity (Wildman–Crippen MR) is 135 cm³/mol. The molecule has 0 saturated carbocycles. The van der Waals surface area contributed by atoms with Gasteiger partial charge in [-0.25, -0.2) is 13.8 Å². The fraction of sp³-hybridized carbons (Fsp3) is 0.231. The van der Waals surface area contributed by atoms with Crippen LogP contribution < -0.4 is 14.8 Å². The second-order valence-corrected chi connectivity index (χ2v) is 9.38. The van der Waals surface area contributed by atoms with E-state index in [0.717, 1.165) is 11.8 Å². The van der Waals surface area contributed by atoms with Crippen molar-refractivity contribution in [3.8, 4) is 22.8 Å². The molecule has 1 aromatic carbocycles. The van der Waals surface area contributed by atoms with Gasteiger partial charge in [-0.05, 0) is 29.8 Å². The number of hydrogen-bond acceptors (Lipinski definition) is 8. The molecule has 2 amide bonds. The van der Waals surface area contributed by atoms with E-state index in [0.29, 0.717) is 54.2 Å². The Bertz CT molecular complexity index is 1370. The highest BCUT2D eigenvalue weighted by Crippen LogP contribution is 2.34. The van der Waals surface area contributed by atoms with Crippen molar-refractivity contribution in [1.82, 2.24) is 14.9 Å². The molecule has 2 aliphatic rings. The molecule has 0 fully saturated rings. The van der Waals surface area contributed by atoms with Gasteiger partial charge in [0.15, 0.2) is 0 Å². The third-order valence-electron chi connectivity index (χ3n) is 5.63. The van der Waals surface area contributed by atoms with Gasteiger partial charge in [-0.1, -0.05) is 0 Å². The van der Waals surface area contributed by atoms with Gasteiger partial charge >= 0.3 is 0 Å². The Hall–Kier alpha value is -3.99. The molecule has 0 radical (unpaired) electrons. The van der Waals surface area contributed by atoms with Gasteiger partial charge in [0, 0.05) is 59.9 Å². The number of thioether (sulfide) groups is 1. The van der Waals surface area contributed by atoms with Gasteiger partial charge in [0.2, 0.25) is 5.88 Å². The number of anilines is 2. The standard InChI is InChI=1S/C26H22F2N4O4S/c27-17-2-3-18-19-13-22(29-14-20(19)28)30-23-10-16(15-37-9-6-32-25(33)4-5-26(32)34)11-24(31-23)36-8-1-7-35-21(18)12-17/h2-5,10-14H,1,6-9,15H2,(H,29,30,31). The minimum atomic E-state index is -0.568. The van der Waals surface area contributed by atoms with E-state index in [1.54, 1.807) is 11.8 Å². The fourth-order valence-corrected chi connectivity index (χ4v) is 4.74. The highest BCUT2D eigenvalue weighted by molar-refractivity contribution is 7.98. The molecule has 2 aromatic heterocycles. The Kier molecular flexibility index (Phi) is 7.31. The monoisotopic (exact) mass is 524 g/mol. The van der Waals surface area contributed by atoms with Crippen LogP contribution in [0.1, 0.15) is 12.0 Å². The topological polar surface area (TPSA) is 93.7 Å². The first-order chi connectivity index (χ1) is 18.0. The van der Waals surface area contributed by atoms with Crippen molar-refractivity contribution in [2.75, 3.05) is 30.8 Å². The zero-order valence-electron chi connectivity index (χ0n) is 19.6. The smallest absolute Gasteiger partial charge is 0.253 e. The number of halogens is 2. The van der Waals surface area contributed by atoms with Crippen LogP contribution in [0, 0.1) is 11.6 Å². The summed E-state index contributed by atoms with van der Waals surface area (Å²) in [5.41, 5.74) is 1.53. The second-order valence-electron chi connectivity index (χ2n) is 8.28. The van der Waals surface area contributed by atoms with E-state index in [-0.39, 0.29) is 29.7 Å². The number of imide groups is 1. The fourth-order valence-electron chi connectivity index (χ4n) is 3.88. The van der Waals surface area contributed by atoms with Crippen LogP contribution in [-0.2, 0) is 15.3 Å². The summed E-state index contributed by atoms with van der Waals surface area (Å²) >= 11 is 1.56. The summed E-state index contributed by atoms with van der Waals surface area (Å²) in [4.78, 5) is 33.2. The Morgan fingerprint density at radius 3 is 2.62 bits per heavy atom. The SMILES string of the molecule is O=C1C=CC(=O)N1CCSCc1cc2nc(c1)OCCCOc1cc(F)ccc1-c1cc(ncc1F)N2. The number of nitrogens with zero attached hydrogens (tertiary/aromatic N) is 3. The molecular formula is C26H22F2N4O4S. The normalized spacial score (nSPS) is 14.9. The molecule has 3 aromatic rings. The molecule has 4 bridgehead atoms. The van der Waals surface area contributed by atoms with Crippen LogP contribution in [0.5, 0.6) is 11.6 Å². The lowest BCUT2D eigenvalue weighted by molar-refractivity contribution is -0.136. The summed E-state index contributed by atoms with van der Waals surface area (Å²) in [6.45, 7) is 0.861. The van der Waals surface area contributed by atoms with Crippen LogP contribution in [0.25, 0.3) is 11.1 Å². The summed E-state index contributed by atoms with van der Waals surface area (Å²) in [5, 5.41) is 3.10. The maximum absolute atomic E-state index is 14.7. The Balaban J connectivity index is 1.37. The minimum absolute atomic E-state index is 0.216. The summed E-state index contributed by atoms with van der Waals surface area (Å²) < 4.78 is 40.2. The number of pyridine rings is 2. The molecule has 1 N–H and O–H groups in total. The zero-order chi connectivity index (χ0) is 25.8. The van der Waals surface area contributed by atoms with Crippen molar-refractivity contribution < 1.29 is 27.8 Å². The van der Waals surface area contributed by atoms with Crippen molar-refractivity contribution in [3.63, 3.8) is 0 Å². The van der Waals surface area contributed by atoms with Crippen molar-refractivity contribution >= 4 is 35.2 Å². The van der Waals surface area contributed by atoms with E-state index in [2.05, 4.69) is 15.3 Å². The maximum atomic E-state index is 14.7. The van der Waals surface area contributed by atoms with Gasteiger partial charge in [0.25, 0.3) is 11.8 Å². The molecular weight excluding hydrogens is 502 g/mol. The first-order valence-electron chi connectivity index (χ1n) is 11.6. The number of rotatable bonds is 5. The van der Waals surface area contributed by atoms with E-state index in [4.69, 9.17) is 9.47 Å². The maximum Gasteiger partial charge on any atom is 0.253 e. The molecule has 0 atom stereocenters. The zero-order valence-corrected chi connectivity index (χ0v) is 20.4. The average Bonchev–Trinajstić information content (AvgIpc) is 3.19. The van der Waals surface area contributed by atoms with E-state index in [9.17, 15) is 18.4 Å². The Labute approximate surface area is 215 Å². The third-order valence-corrected chi connectivity index (χ3v) is 6.64. The molecule has 0 saturated heterocycles. The number of hydrogen-bond donors (Lipinski definition) is 1. The van der Waals surface area contributed by atoms with Gasteiger partial charge in [-0.2, -0.15) is 16.7 Å². The summed E-state index contributed by atoms with van der Waals surface area (Å²) in [6, 6.07) is 9.12. The summed E-state index contributed by atoms with van der Waals surface area (Å²) in [5.74, 6) is 0.927. The van der Waals surface area contributed by atoms with Crippen molar-refractivity contribution in [2.45, 2.75) is 12.2 Å². The lowest BCUT2D eigenvalue weighted by Gasteiger charge is -2.16. The number of ether oxygens (including phenoxy) is 2. The van der Waals surface area contributed by atoms with Crippen molar-refractivity contribution in [1.29, 1.82) is 0 Å². The van der Waals surface area contributed by atoms with E-state index >= 15 is 0 Å². The van der Waals surface area contributed by atoms with Crippen molar-refractivity contribution in [2.24, 2.45) is 0 Å². The number of nitrogens with one attached hydrogen (secondary N) is 1. The van der Waals surface area contributed by atoms with E-state index in [1.807, 2.05) is 12.1 Å². The molecule has 0 spiro atoms. The van der Waals surface area contributed by atoms with Gasteiger partial charge in [-0.3, -0.25) is 14.5 Å². The molecule has 5 rings (SSSR count). The molecule has 2 aliphatic heterocycles. The largest absolute Gasteiger partial charge is 0.493 e. The highest BCUT2D eigenvalue weighted by atomic mass is 32.2. The Morgan fingerprint density at radius 1 is 0.973 bits per heavy atom. The quantitative estimate of drug-likeness (QED) is 0.386. The van der Waals surface area contributed by atoms with Crippen LogP contribution in [0.4, 0.5) is 20.4 Å². The third kappa shape index (κ3) is 5.88. The van der Waals surface area contributed by atoms with Crippen molar-refractivity contribution in [3.05, 3.63) is 71.9 Å². The van der Waals surface area contributed by atoms with Crippen LogP contribution in [-0.4, -0.2) is 52.2 Å². The van der Waals surface area contributed by atoms with E-state index < -0.39 is 11.6 Å². The van der Waals surface area contributed by atoms with E-state index in [1.165, 1.54) is 41.3 Å². The van der Waals surface area contributed by atoms with Gasteiger partial charge < -0.3 is 14.8 Å². The number of carbonyl (C=O) groups is 2. The number of carbonyl (C=O) groups excluding carboxylic acids is 2. The molecule has 37 heavy (non-hydrogen) atoms. The number of benzene rings is 1. The number of fused-ring (bicyclic) bond motifs is 6. The van der Waals surface area contributed by atoms with Crippen LogP contribution >= 0.6 is 11.8 Å². The molecule has 8 nitrogen and oxygen atoms in total. The van der Waals surface area contributed by atoms with Crippen LogP contribution in [0.15, 0.2) is 54.7 Å². The summed E-state index contributed by atoms with van der Waals surface area (Å²) in [7, 11) is 0. The lowest BCUT2D eigenvalue weighted by atomic mass is 10.0. The molecule has 190 valence electrons. The Morgan fingerprint density at radius 2 is 1.78 bits per heavy atom. The average molecular weight is 525 g/mol. The van der Waals surface area contributed by atoms with Gasteiger partial charge in [-0.15, -0.1) is 0 Å². The predicted octanol–water partition coefficient (Wildman–Crippen LogP) is 4.48. The van der Waals surface area contributed by atoms with Crippen LogP contribution in [0.3, 0.4) is 0 Å². The van der Waals surface area contributed by atoms with Gasteiger partial charge in [0.05, 0.1) is 19.4 Å².